The Morgan fingerprint density at radius 2 is 1.96 bits per heavy atom. The minimum atomic E-state index is -0.262. The van der Waals surface area contributed by atoms with Crippen molar-refractivity contribution in [3.05, 3.63) is 53.1 Å². The number of ether oxygens (including phenoxy) is 2. The van der Waals surface area contributed by atoms with Crippen LogP contribution in [0.15, 0.2) is 41.6 Å². The van der Waals surface area contributed by atoms with E-state index in [0.717, 1.165) is 28.8 Å². The maximum atomic E-state index is 12.0. The Morgan fingerprint density at radius 3 is 2.70 bits per heavy atom. The first kappa shape index (κ1) is 20.3. The first-order valence-electron chi connectivity index (χ1n) is 8.86. The number of hydrogen-bond donors (Lipinski definition) is 1. The van der Waals surface area contributed by atoms with E-state index < -0.39 is 0 Å². The first-order valence-corrected chi connectivity index (χ1v) is 8.86. The number of rotatable bonds is 9. The molecule has 2 aromatic carbocycles. The summed E-state index contributed by atoms with van der Waals surface area (Å²) in [4.78, 5) is 17.1. The number of oxime groups is 1. The fraction of sp³-hybridized carbons (Fsp3) is 0.333. The predicted molar refractivity (Wildman–Crippen MR) is 107 cm³/mol. The van der Waals surface area contributed by atoms with E-state index in [2.05, 4.69) is 10.5 Å². The molecule has 0 unspecified atom stereocenters. The first-order chi connectivity index (χ1) is 13.0. The van der Waals surface area contributed by atoms with Crippen LogP contribution in [0.3, 0.4) is 0 Å². The fourth-order valence-corrected chi connectivity index (χ4v) is 2.35. The van der Waals surface area contributed by atoms with Crippen molar-refractivity contribution in [2.24, 2.45) is 5.16 Å². The molecule has 27 heavy (non-hydrogen) atoms. The van der Waals surface area contributed by atoms with Crippen LogP contribution in [-0.2, 0) is 9.63 Å². The van der Waals surface area contributed by atoms with Gasteiger partial charge in [-0.3, -0.25) is 4.79 Å². The third-order valence-corrected chi connectivity index (χ3v) is 3.79. The Morgan fingerprint density at radius 1 is 1.15 bits per heavy atom. The van der Waals surface area contributed by atoms with Crippen LogP contribution in [-0.4, -0.2) is 32.4 Å². The molecule has 0 saturated heterocycles. The average Bonchev–Trinajstić information content (AvgIpc) is 2.66. The lowest BCUT2D eigenvalue weighted by Gasteiger charge is -2.10. The summed E-state index contributed by atoms with van der Waals surface area (Å²) in [6, 6.07) is 11.3. The summed E-state index contributed by atoms with van der Waals surface area (Å²) in [6.07, 6.45) is 2.45. The molecule has 1 amide bonds. The van der Waals surface area contributed by atoms with E-state index in [-0.39, 0.29) is 12.5 Å². The van der Waals surface area contributed by atoms with E-state index in [1.807, 2.05) is 51.1 Å². The molecule has 0 aliphatic rings. The molecule has 0 bridgehead atoms. The van der Waals surface area contributed by atoms with E-state index in [0.29, 0.717) is 18.1 Å². The van der Waals surface area contributed by atoms with E-state index in [9.17, 15) is 4.79 Å². The van der Waals surface area contributed by atoms with E-state index in [1.54, 1.807) is 13.2 Å². The van der Waals surface area contributed by atoms with Gasteiger partial charge in [-0.25, -0.2) is 0 Å². The van der Waals surface area contributed by atoms with Gasteiger partial charge in [0.15, 0.2) is 18.1 Å². The highest BCUT2D eigenvalue weighted by atomic mass is 16.6. The normalized spacial score (nSPS) is 10.7. The zero-order valence-corrected chi connectivity index (χ0v) is 16.2. The quantitative estimate of drug-likeness (QED) is 0.533. The third kappa shape index (κ3) is 6.33. The zero-order valence-electron chi connectivity index (χ0n) is 16.2. The standard InChI is InChI=1S/C21H26N2O4/c1-5-10-26-19-9-8-17(12-20(19)25-4)13-22-27-14-21(24)23-18-11-15(2)6-7-16(18)3/h6-9,11-13H,5,10,14H2,1-4H3,(H,23,24)/b22-13-. The van der Waals surface area contributed by atoms with Gasteiger partial charge in [0.05, 0.1) is 19.9 Å². The summed E-state index contributed by atoms with van der Waals surface area (Å²) in [5, 5.41) is 6.67. The molecule has 0 heterocycles. The highest BCUT2D eigenvalue weighted by molar-refractivity contribution is 5.92. The predicted octanol–water partition coefficient (Wildman–Crippen LogP) is 4.09. The number of hydrogen-bond acceptors (Lipinski definition) is 5. The van der Waals surface area contributed by atoms with Gasteiger partial charge < -0.3 is 19.6 Å². The number of carbonyl (C=O) groups excluding carboxylic acids is 1. The van der Waals surface area contributed by atoms with Crippen molar-refractivity contribution < 1.29 is 19.1 Å². The van der Waals surface area contributed by atoms with Gasteiger partial charge in [-0.1, -0.05) is 24.2 Å². The number of methoxy groups -OCH3 is 1. The second-order valence-corrected chi connectivity index (χ2v) is 6.13. The number of benzene rings is 2. The van der Waals surface area contributed by atoms with E-state index in [1.165, 1.54) is 6.21 Å². The molecule has 1 N–H and O–H groups in total. The maximum Gasteiger partial charge on any atom is 0.265 e. The van der Waals surface area contributed by atoms with Crippen LogP contribution in [0.1, 0.15) is 30.0 Å². The summed E-state index contributed by atoms with van der Waals surface area (Å²) >= 11 is 0. The summed E-state index contributed by atoms with van der Waals surface area (Å²) in [6.45, 7) is 6.42. The van der Waals surface area contributed by atoms with Crippen molar-refractivity contribution in [1.82, 2.24) is 0 Å². The minimum Gasteiger partial charge on any atom is -0.493 e. The molecule has 2 rings (SSSR count). The van der Waals surface area contributed by atoms with Crippen LogP contribution in [0.4, 0.5) is 5.69 Å². The number of nitrogens with one attached hydrogen (secondary N) is 1. The lowest BCUT2D eigenvalue weighted by atomic mass is 10.1. The van der Waals surface area contributed by atoms with E-state index >= 15 is 0 Å². The van der Waals surface area contributed by atoms with Gasteiger partial charge in [0.1, 0.15) is 0 Å². The van der Waals surface area contributed by atoms with Crippen molar-refractivity contribution in [2.45, 2.75) is 27.2 Å². The molecule has 6 heteroatoms. The number of carbonyl (C=O) groups is 1. The van der Waals surface area contributed by atoms with Crippen LogP contribution in [0, 0.1) is 13.8 Å². The molecule has 0 fully saturated rings. The summed E-state index contributed by atoms with van der Waals surface area (Å²) in [5.74, 6) is 1.05. The fourth-order valence-electron chi connectivity index (χ4n) is 2.35. The van der Waals surface area contributed by atoms with Crippen molar-refractivity contribution in [2.75, 3.05) is 25.6 Å². The zero-order chi connectivity index (χ0) is 19.6. The van der Waals surface area contributed by atoms with E-state index in [4.69, 9.17) is 14.3 Å². The van der Waals surface area contributed by atoms with Crippen LogP contribution < -0.4 is 14.8 Å². The molecule has 0 radical (unpaired) electrons. The third-order valence-electron chi connectivity index (χ3n) is 3.79. The molecule has 0 spiro atoms. The topological polar surface area (TPSA) is 69.2 Å². The number of amides is 1. The monoisotopic (exact) mass is 370 g/mol. The van der Waals surface area contributed by atoms with Gasteiger partial charge in [0, 0.05) is 11.3 Å². The molecule has 0 atom stereocenters. The lowest BCUT2D eigenvalue weighted by molar-refractivity contribution is -0.120. The van der Waals surface area contributed by atoms with Crippen molar-refractivity contribution in [1.29, 1.82) is 0 Å². The molecule has 144 valence electrons. The number of nitrogens with zero attached hydrogens (tertiary/aromatic N) is 1. The highest BCUT2D eigenvalue weighted by Crippen LogP contribution is 2.27. The SMILES string of the molecule is CCCOc1ccc(/C=N\OCC(=O)Nc2cc(C)ccc2C)cc1OC. The Bertz CT molecular complexity index is 803. The Hall–Kier alpha value is -3.02. The minimum absolute atomic E-state index is 0.168. The van der Waals surface area contributed by atoms with Crippen molar-refractivity contribution in [3.63, 3.8) is 0 Å². The summed E-state index contributed by atoms with van der Waals surface area (Å²) < 4.78 is 10.9. The largest absolute Gasteiger partial charge is 0.493 e. The van der Waals surface area contributed by atoms with Gasteiger partial charge in [-0.05, 0) is 55.7 Å². The van der Waals surface area contributed by atoms with Gasteiger partial charge >= 0.3 is 0 Å². The molecular formula is C21H26N2O4. The van der Waals surface area contributed by atoms with Crippen molar-refractivity contribution >= 4 is 17.8 Å². The van der Waals surface area contributed by atoms with Gasteiger partial charge in [0.25, 0.3) is 5.91 Å². The number of anilines is 1. The lowest BCUT2D eigenvalue weighted by Crippen LogP contribution is -2.17. The molecule has 6 nitrogen and oxygen atoms in total. The Balaban J connectivity index is 1.88. The second-order valence-electron chi connectivity index (χ2n) is 6.13. The molecule has 0 aliphatic heterocycles. The van der Waals surface area contributed by atoms with Gasteiger partial charge in [0.2, 0.25) is 0 Å². The molecule has 0 aromatic heterocycles. The number of aryl methyl sites for hydroxylation is 2. The van der Waals surface area contributed by atoms with Crippen LogP contribution in [0.25, 0.3) is 0 Å². The molecule has 2 aromatic rings. The summed E-state index contributed by atoms with van der Waals surface area (Å²) in [7, 11) is 1.59. The highest BCUT2D eigenvalue weighted by Gasteiger charge is 2.06. The molecule has 0 saturated carbocycles. The average molecular weight is 370 g/mol. The Kier molecular flexibility index (Phi) is 7.67. The smallest absolute Gasteiger partial charge is 0.265 e. The molecule has 0 aliphatic carbocycles. The summed E-state index contributed by atoms with van der Waals surface area (Å²) in [5.41, 5.74) is 3.63. The Labute approximate surface area is 160 Å². The van der Waals surface area contributed by atoms with Crippen LogP contribution >= 0.6 is 0 Å². The van der Waals surface area contributed by atoms with Crippen LogP contribution in [0.5, 0.6) is 11.5 Å². The second kappa shape index (κ2) is 10.2. The van der Waals surface area contributed by atoms with Gasteiger partial charge in [-0.15, -0.1) is 0 Å². The van der Waals surface area contributed by atoms with Crippen molar-refractivity contribution in [3.8, 4) is 11.5 Å². The van der Waals surface area contributed by atoms with Gasteiger partial charge in [-0.2, -0.15) is 0 Å². The maximum absolute atomic E-state index is 12.0. The van der Waals surface area contributed by atoms with Crippen LogP contribution in [0.2, 0.25) is 0 Å². The molecular weight excluding hydrogens is 344 g/mol.